The molecule has 0 aliphatic carbocycles. The number of nitrogens with zero attached hydrogens (tertiary/aromatic N) is 1. The van der Waals surface area contributed by atoms with Gasteiger partial charge >= 0.3 is 6.18 Å². The van der Waals surface area contributed by atoms with Crippen molar-refractivity contribution in [3.63, 3.8) is 0 Å². The highest BCUT2D eigenvalue weighted by Gasteiger charge is 2.38. The molecule has 2 unspecified atom stereocenters. The van der Waals surface area contributed by atoms with Crippen molar-refractivity contribution < 1.29 is 17.6 Å². The summed E-state index contributed by atoms with van der Waals surface area (Å²) >= 11 is 0. The molecular weight excluding hydrogens is 480 g/mol. The molecule has 3 N–H and O–H groups in total. The molecule has 0 aromatic heterocycles. The van der Waals surface area contributed by atoms with E-state index in [1.165, 1.54) is 12.3 Å². The van der Waals surface area contributed by atoms with E-state index < -0.39 is 17.6 Å². The van der Waals surface area contributed by atoms with E-state index in [-0.39, 0.29) is 29.1 Å². The first-order valence-corrected chi connectivity index (χ1v) is 12.1. The van der Waals surface area contributed by atoms with Gasteiger partial charge in [0, 0.05) is 53.6 Å². The van der Waals surface area contributed by atoms with Crippen LogP contribution in [0.1, 0.15) is 31.4 Å². The lowest BCUT2D eigenvalue weighted by Gasteiger charge is -2.30. The number of halogens is 4. The van der Waals surface area contributed by atoms with Crippen LogP contribution in [-0.2, 0) is 0 Å². The van der Waals surface area contributed by atoms with Gasteiger partial charge in [0.15, 0.2) is 0 Å². The van der Waals surface area contributed by atoms with Crippen molar-refractivity contribution in [1.29, 1.82) is 0 Å². The van der Waals surface area contributed by atoms with E-state index in [0.29, 0.717) is 23.4 Å². The summed E-state index contributed by atoms with van der Waals surface area (Å²) in [5.74, 6) is -0.390. The van der Waals surface area contributed by atoms with Gasteiger partial charge in [0.05, 0.1) is 11.3 Å². The Balaban J connectivity index is 2.04. The Morgan fingerprint density at radius 1 is 1.14 bits per heavy atom. The minimum Gasteiger partial charge on any atom is -0.388 e. The Labute approximate surface area is 216 Å². The van der Waals surface area contributed by atoms with Gasteiger partial charge in [0.2, 0.25) is 0 Å². The van der Waals surface area contributed by atoms with E-state index in [2.05, 4.69) is 47.9 Å². The van der Waals surface area contributed by atoms with Crippen LogP contribution < -0.4 is 16.0 Å². The molecule has 1 aromatic carbocycles. The van der Waals surface area contributed by atoms with E-state index in [4.69, 9.17) is 0 Å². The van der Waals surface area contributed by atoms with Gasteiger partial charge in [-0.2, -0.15) is 13.2 Å². The first-order chi connectivity index (χ1) is 17.4. The number of dihydropyridines is 1. The van der Waals surface area contributed by atoms with Gasteiger partial charge in [0.1, 0.15) is 5.82 Å². The zero-order valence-corrected chi connectivity index (χ0v) is 21.6. The van der Waals surface area contributed by atoms with Crippen LogP contribution >= 0.6 is 0 Å². The predicted molar refractivity (Wildman–Crippen MR) is 142 cm³/mol. The fourth-order valence-electron chi connectivity index (χ4n) is 4.10. The predicted octanol–water partition coefficient (Wildman–Crippen LogP) is 6.21. The Bertz CT molecular complexity index is 1200. The summed E-state index contributed by atoms with van der Waals surface area (Å²) in [5.41, 5.74) is 1.46. The molecule has 0 radical (unpaired) electrons. The number of rotatable bonds is 4. The summed E-state index contributed by atoms with van der Waals surface area (Å²) in [6.45, 7) is 14.1. The molecular formula is C29H34F4N4. The molecule has 0 spiro atoms. The zero-order chi connectivity index (χ0) is 27.3. The van der Waals surface area contributed by atoms with Crippen LogP contribution in [0.15, 0.2) is 96.3 Å². The maximum absolute atomic E-state index is 14.9. The molecule has 0 saturated heterocycles. The average molecular weight is 515 g/mol. The second kappa shape index (κ2) is 11.7. The number of benzene rings is 1. The van der Waals surface area contributed by atoms with Crippen molar-refractivity contribution in [3.8, 4) is 0 Å². The van der Waals surface area contributed by atoms with E-state index in [0.717, 1.165) is 18.1 Å². The number of alkyl halides is 3. The molecule has 0 amide bonds. The summed E-state index contributed by atoms with van der Waals surface area (Å²) in [6, 6.07) is 5.30. The number of hydrogen-bond acceptors (Lipinski definition) is 4. The van der Waals surface area contributed by atoms with Gasteiger partial charge in [0.25, 0.3) is 0 Å². The van der Waals surface area contributed by atoms with Crippen LogP contribution in [0, 0.1) is 12.7 Å². The zero-order valence-electron chi connectivity index (χ0n) is 21.6. The quantitative estimate of drug-likeness (QED) is 0.418. The molecule has 37 heavy (non-hydrogen) atoms. The van der Waals surface area contributed by atoms with Crippen LogP contribution in [0.2, 0.25) is 0 Å². The Hall–Kier alpha value is -3.52. The van der Waals surface area contributed by atoms with Crippen molar-refractivity contribution in [2.45, 2.75) is 45.5 Å². The fourth-order valence-corrected chi connectivity index (χ4v) is 4.10. The molecule has 198 valence electrons. The molecule has 2 atom stereocenters. The third-order valence-corrected chi connectivity index (χ3v) is 6.52. The van der Waals surface area contributed by atoms with Gasteiger partial charge < -0.3 is 16.0 Å². The average Bonchev–Trinajstić information content (AvgIpc) is 2.82. The number of aryl methyl sites for hydroxylation is 1. The van der Waals surface area contributed by atoms with Crippen LogP contribution in [0.5, 0.6) is 0 Å². The molecule has 2 aliphatic heterocycles. The van der Waals surface area contributed by atoms with Gasteiger partial charge in [-0.25, -0.2) is 4.39 Å². The lowest BCUT2D eigenvalue weighted by molar-refractivity contribution is -0.0894. The van der Waals surface area contributed by atoms with E-state index in [1.807, 2.05) is 26.1 Å². The summed E-state index contributed by atoms with van der Waals surface area (Å²) in [6.07, 6.45) is 5.55. The fraction of sp³-hybridized carbons (Fsp3) is 0.310. The molecule has 1 aromatic rings. The maximum atomic E-state index is 14.9. The van der Waals surface area contributed by atoms with Gasteiger partial charge in [-0.05, 0) is 64.1 Å². The molecule has 0 fully saturated rings. The number of hydrogen-bond donors (Lipinski definition) is 3. The molecule has 8 heteroatoms. The lowest BCUT2D eigenvalue weighted by atomic mass is 9.98. The lowest BCUT2D eigenvalue weighted by Crippen LogP contribution is -2.41. The monoisotopic (exact) mass is 514 g/mol. The van der Waals surface area contributed by atoms with Crippen LogP contribution in [0.25, 0.3) is 5.57 Å². The molecule has 4 nitrogen and oxygen atoms in total. The Morgan fingerprint density at radius 2 is 1.86 bits per heavy atom. The largest absolute Gasteiger partial charge is 0.417 e. The summed E-state index contributed by atoms with van der Waals surface area (Å²) in [7, 11) is 2.04. The molecule has 0 bridgehead atoms. The SMILES string of the molecule is C=C1C=C(C(F)(F)F)C(C(=C)NC2=C\NCC(C)N(C)C(C)C\C=C/C(c3cc(C)ccc3F)=C\2)=CN1. The first kappa shape index (κ1) is 28.1. The van der Waals surface area contributed by atoms with Crippen LogP contribution in [0.3, 0.4) is 0 Å². The van der Waals surface area contributed by atoms with Crippen LogP contribution in [-0.4, -0.2) is 36.8 Å². The highest BCUT2D eigenvalue weighted by Crippen LogP contribution is 2.36. The van der Waals surface area contributed by atoms with Crippen molar-refractivity contribution in [1.82, 2.24) is 20.9 Å². The van der Waals surface area contributed by atoms with Gasteiger partial charge in [-0.3, -0.25) is 4.90 Å². The van der Waals surface area contributed by atoms with Crippen molar-refractivity contribution in [2.75, 3.05) is 13.6 Å². The first-order valence-electron chi connectivity index (χ1n) is 12.1. The molecule has 3 rings (SSSR count). The van der Waals surface area contributed by atoms with Crippen molar-refractivity contribution in [2.24, 2.45) is 0 Å². The molecule has 2 heterocycles. The number of likely N-dealkylation sites (N-methyl/N-ethyl adjacent to an activating group) is 1. The summed E-state index contributed by atoms with van der Waals surface area (Å²) in [4.78, 5) is 2.24. The van der Waals surface area contributed by atoms with Crippen LogP contribution in [0.4, 0.5) is 17.6 Å². The number of allylic oxidation sites excluding steroid dienone is 5. The summed E-state index contributed by atoms with van der Waals surface area (Å²) < 4.78 is 56.1. The van der Waals surface area contributed by atoms with Gasteiger partial charge in [-0.1, -0.05) is 36.9 Å². The summed E-state index contributed by atoms with van der Waals surface area (Å²) in [5, 5.41) is 8.98. The maximum Gasteiger partial charge on any atom is 0.417 e. The minimum absolute atomic E-state index is 0.0341. The minimum atomic E-state index is -4.59. The van der Waals surface area contributed by atoms with E-state index >= 15 is 0 Å². The second-order valence-electron chi connectivity index (χ2n) is 9.48. The van der Waals surface area contributed by atoms with Crippen molar-refractivity contribution >= 4 is 5.57 Å². The number of nitrogens with one attached hydrogen (secondary N) is 3. The highest BCUT2D eigenvalue weighted by atomic mass is 19.4. The van der Waals surface area contributed by atoms with E-state index in [9.17, 15) is 17.6 Å². The third-order valence-electron chi connectivity index (χ3n) is 6.52. The third kappa shape index (κ3) is 7.26. The molecule has 2 aliphatic rings. The highest BCUT2D eigenvalue weighted by molar-refractivity contribution is 5.77. The topological polar surface area (TPSA) is 39.3 Å². The Morgan fingerprint density at radius 3 is 2.57 bits per heavy atom. The Kier molecular flexibility index (Phi) is 8.86. The van der Waals surface area contributed by atoms with E-state index in [1.54, 1.807) is 24.4 Å². The van der Waals surface area contributed by atoms with Crippen molar-refractivity contribution in [3.05, 3.63) is 113 Å². The standard InChI is InChI=1S/C29H34F4N4/c1-18-10-11-28(30)25(12-18)23-9-7-8-20(3)37(6)21(4)15-34-16-24(14-23)36-22(5)26-17-35-19(2)13-27(26)29(31,32)33/h7,9-14,16-17,20-21,34-36H,2,5,8,15H2,1,3-4,6H3/b9-7-,23-14+,24-16-. The second-order valence-corrected chi connectivity index (χ2v) is 9.48. The normalized spacial score (nSPS) is 25.5. The van der Waals surface area contributed by atoms with Gasteiger partial charge in [-0.15, -0.1) is 0 Å². The molecule has 0 saturated carbocycles. The smallest absolute Gasteiger partial charge is 0.388 e.